The van der Waals surface area contributed by atoms with Crippen LogP contribution in [-0.2, 0) is 6.42 Å². The zero-order valence-electron chi connectivity index (χ0n) is 9.95. The summed E-state index contributed by atoms with van der Waals surface area (Å²) in [5, 5.41) is 0. The second-order valence-corrected chi connectivity index (χ2v) is 5.62. The van der Waals surface area contributed by atoms with Gasteiger partial charge < -0.3 is 4.74 Å². The Morgan fingerprint density at radius 3 is 3.06 bits per heavy atom. The average molecular weight is 247 g/mol. The van der Waals surface area contributed by atoms with Gasteiger partial charge in [0, 0.05) is 12.1 Å². The summed E-state index contributed by atoms with van der Waals surface area (Å²) in [5.74, 6) is 1.69. The number of thioether (sulfide) groups is 1. The number of nitrogens with zero attached hydrogens (tertiary/aromatic N) is 1. The van der Waals surface area contributed by atoms with Gasteiger partial charge >= 0.3 is 0 Å². The van der Waals surface area contributed by atoms with Crippen molar-refractivity contribution in [2.75, 3.05) is 5.94 Å². The Labute approximate surface area is 106 Å². The molecule has 0 spiro atoms. The minimum absolute atomic E-state index is 0.738. The first kappa shape index (κ1) is 11.1. The molecule has 0 aromatic carbocycles. The van der Waals surface area contributed by atoms with Crippen molar-refractivity contribution in [3.63, 3.8) is 0 Å². The van der Waals surface area contributed by atoms with Gasteiger partial charge in [-0.25, -0.2) is 0 Å². The van der Waals surface area contributed by atoms with Crippen LogP contribution in [0.3, 0.4) is 0 Å². The Hall–Kier alpha value is -0.960. The predicted molar refractivity (Wildman–Crippen MR) is 70.5 cm³/mol. The van der Waals surface area contributed by atoms with Gasteiger partial charge in [0.1, 0.15) is 5.94 Å². The second kappa shape index (κ2) is 5.13. The third kappa shape index (κ3) is 2.65. The molecule has 1 fully saturated rings. The van der Waals surface area contributed by atoms with Crippen molar-refractivity contribution in [2.24, 2.45) is 0 Å². The van der Waals surface area contributed by atoms with Crippen molar-refractivity contribution in [3.05, 3.63) is 29.6 Å². The van der Waals surface area contributed by atoms with Crippen molar-refractivity contribution >= 4 is 11.8 Å². The van der Waals surface area contributed by atoms with Gasteiger partial charge in [0.2, 0.25) is 0 Å². The van der Waals surface area contributed by atoms with E-state index in [1.165, 1.54) is 42.7 Å². The molecule has 2 heterocycles. The molecule has 1 aliphatic carbocycles. The molecule has 3 heteroatoms. The van der Waals surface area contributed by atoms with Gasteiger partial charge in [-0.1, -0.05) is 29.8 Å². The zero-order valence-corrected chi connectivity index (χ0v) is 10.8. The summed E-state index contributed by atoms with van der Waals surface area (Å²) >= 11 is 1.76. The average Bonchev–Trinajstić information content (AvgIpc) is 2.85. The molecule has 1 aromatic heterocycles. The van der Waals surface area contributed by atoms with Crippen molar-refractivity contribution in [2.45, 2.75) is 43.4 Å². The number of pyridine rings is 1. The number of rotatable bonds is 2. The van der Waals surface area contributed by atoms with Crippen LogP contribution in [0.5, 0.6) is 5.75 Å². The molecule has 1 aliphatic heterocycles. The lowest BCUT2D eigenvalue weighted by atomic mass is 9.94. The summed E-state index contributed by atoms with van der Waals surface area (Å²) in [7, 11) is 0. The van der Waals surface area contributed by atoms with Crippen LogP contribution in [-0.4, -0.2) is 10.9 Å². The minimum atomic E-state index is 0.738. The van der Waals surface area contributed by atoms with Crippen molar-refractivity contribution in [3.8, 4) is 5.75 Å². The fourth-order valence-corrected chi connectivity index (χ4v) is 3.20. The number of hydrogen-bond donors (Lipinski definition) is 0. The Bertz CT molecular complexity index is 434. The molecule has 17 heavy (non-hydrogen) atoms. The smallest absolute Gasteiger partial charge is 0.152 e. The van der Waals surface area contributed by atoms with Crippen molar-refractivity contribution in [1.29, 1.82) is 0 Å². The van der Waals surface area contributed by atoms with E-state index in [1.807, 2.05) is 6.20 Å². The molecule has 0 amide bonds. The van der Waals surface area contributed by atoms with Crippen LogP contribution in [0.1, 0.15) is 37.8 Å². The fourth-order valence-electron chi connectivity index (χ4n) is 2.41. The Kier molecular flexibility index (Phi) is 3.36. The first-order valence-corrected chi connectivity index (χ1v) is 7.33. The van der Waals surface area contributed by atoms with E-state index in [4.69, 9.17) is 4.74 Å². The summed E-state index contributed by atoms with van der Waals surface area (Å²) in [6.07, 6.45) is 12.0. The highest BCUT2D eigenvalue weighted by atomic mass is 32.2. The van der Waals surface area contributed by atoms with Crippen LogP contribution in [0, 0.1) is 0 Å². The molecule has 0 atom stereocenters. The first-order chi connectivity index (χ1) is 8.42. The third-order valence-corrected chi connectivity index (χ3v) is 4.28. The van der Waals surface area contributed by atoms with Crippen LogP contribution in [0.4, 0.5) is 0 Å². The highest BCUT2D eigenvalue weighted by Crippen LogP contribution is 2.35. The van der Waals surface area contributed by atoms with Crippen LogP contribution in [0.2, 0.25) is 0 Å². The molecule has 2 aliphatic rings. The number of ether oxygens (including phenoxy) is 1. The molecular formula is C14H17NOS. The van der Waals surface area contributed by atoms with Crippen LogP contribution < -0.4 is 4.74 Å². The molecular weight excluding hydrogens is 230 g/mol. The van der Waals surface area contributed by atoms with Gasteiger partial charge in [-0.15, -0.1) is 0 Å². The van der Waals surface area contributed by atoms with E-state index in [0.29, 0.717) is 0 Å². The monoisotopic (exact) mass is 247 g/mol. The molecule has 0 bridgehead atoms. The SMILES string of the molecule is C(Cc1cc2c(cn1)OCS2)=C1CCCCC1. The van der Waals surface area contributed by atoms with Gasteiger partial charge in [-0.3, -0.25) is 4.98 Å². The van der Waals surface area contributed by atoms with Crippen molar-refractivity contribution < 1.29 is 4.74 Å². The third-order valence-electron chi connectivity index (χ3n) is 3.41. The van der Waals surface area contributed by atoms with E-state index < -0.39 is 0 Å². The van der Waals surface area contributed by atoms with E-state index in [-0.39, 0.29) is 0 Å². The first-order valence-electron chi connectivity index (χ1n) is 6.34. The summed E-state index contributed by atoms with van der Waals surface area (Å²) in [6, 6.07) is 2.17. The number of fused-ring (bicyclic) bond motifs is 1. The molecule has 90 valence electrons. The van der Waals surface area contributed by atoms with Crippen LogP contribution >= 0.6 is 11.8 Å². The highest BCUT2D eigenvalue weighted by molar-refractivity contribution is 7.99. The lowest BCUT2D eigenvalue weighted by Crippen LogP contribution is -1.95. The van der Waals surface area contributed by atoms with E-state index in [9.17, 15) is 0 Å². The van der Waals surface area contributed by atoms with Crippen LogP contribution in [0.25, 0.3) is 0 Å². The summed E-state index contributed by atoms with van der Waals surface area (Å²) in [4.78, 5) is 5.70. The molecule has 2 nitrogen and oxygen atoms in total. The maximum absolute atomic E-state index is 5.43. The standard InChI is InChI=1S/C14H17NOS/c1-2-4-11(5-3-1)6-7-12-8-14-13(9-15-12)16-10-17-14/h6,8-9H,1-5,7,10H2. The van der Waals surface area contributed by atoms with E-state index >= 15 is 0 Å². The Balaban J connectivity index is 1.68. The topological polar surface area (TPSA) is 22.1 Å². The Morgan fingerprint density at radius 1 is 1.29 bits per heavy atom. The second-order valence-electron chi connectivity index (χ2n) is 4.66. The lowest BCUT2D eigenvalue weighted by Gasteiger charge is -2.13. The lowest BCUT2D eigenvalue weighted by molar-refractivity contribution is 0.395. The summed E-state index contributed by atoms with van der Waals surface area (Å²) in [6.45, 7) is 0. The summed E-state index contributed by atoms with van der Waals surface area (Å²) in [5.41, 5.74) is 2.79. The fraction of sp³-hybridized carbons (Fsp3) is 0.500. The number of aromatic nitrogens is 1. The van der Waals surface area contributed by atoms with E-state index in [2.05, 4.69) is 17.1 Å². The quantitative estimate of drug-likeness (QED) is 0.739. The molecule has 0 saturated heterocycles. The van der Waals surface area contributed by atoms with Gasteiger partial charge in [-0.2, -0.15) is 0 Å². The highest BCUT2D eigenvalue weighted by Gasteiger charge is 2.13. The zero-order chi connectivity index (χ0) is 11.5. The van der Waals surface area contributed by atoms with Gasteiger partial charge in [-0.05, 0) is 31.7 Å². The largest absolute Gasteiger partial charge is 0.480 e. The van der Waals surface area contributed by atoms with E-state index in [0.717, 1.165) is 18.1 Å². The van der Waals surface area contributed by atoms with Gasteiger partial charge in [0.05, 0.1) is 11.1 Å². The molecule has 0 unspecified atom stereocenters. The maximum Gasteiger partial charge on any atom is 0.152 e. The Morgan fingerprint density at radius 2 is 2.18 bits per heavy atom. The van der Waals surface area contributed by atoms with Crippen LogP contribution in [0.15, 0.2) is 28.8 Å². The molecule has 1 aromatic rings. The van der Waals surface area contributed by atoms with Crippen molar-refractivity contribution in [1.82, 2.24) is 4.98 Å². The normalized spacial score (nSPS) is 18.7. The minimum Gasteiger partial charge on any atom is -0.480 e. The molecule has 0 N–H and O–H groups in total. The molecule has 1 saturated carbocycles. The molecule has 0 radical (unpaired) electrons. The summed E-state index contributed by atoms with van der Waals surface area (Å²) < 4.78 is 5.43. The van der Waals surface area contributed by atoms with Gasteiger partial charge in [0.25, 0.3) is 0 Å². The van der Waals surface area contributed by atoms with Gasteiger partial charge in [0.15, 0.2) is 5.75 Å². The number of allylic oxidation sites excluding steroid dienone is 2. The number of hydrogen-bond acceptors (Lipinski definition) is 3. The predicted octanol–water partition coefficient (Wildman–Crippen LogP) is 3.96. The maximum atomic E-state index is 5.43. The van der Waals surface area contributed by atoms with E-state index in [1.54, 1.807) is 17.3 Å². The molecule has 3 rings (SSSR count).